The number of nitrogens with zero attached hydrogens (tertiary/aromatic N) is 2. The largest absolute Gasteiger partial charge is 0.306 e. The maximum absolute atomic E-state index is 2.43. The van der Waals surface area contributed by atoms with Crippen LogP contribution in [0, 0.1) is 5.92 Å². The second-order valence-corrected chi connectivity index (χ2v) is 7.05. The van der Waals surface area contributed by atoms with E-state index in [1.54, 1.807) is 0 Å². The quantitative estimate of drug-likeness (QED) is 0.684. The van der Waals surface area contributed by atoms with Crippen LogP contribution in [0.1, 0.15) is 38.8 Å². The molecule has 0 radical (unpaired) electrons. The standard InChI is InChI=1S/C19H34N2/c1-16(2)15-20(5)13-11-18-7-9-19(10-8-18)12-14-21(6)17(3)4/h7-10,16-17H,11-15H2,1-6H3. The van der Waals surface area contributed by atoms with Gasteiger partial charge >= 0.3 is 0 Å². The number of rotatable bonds is 9. The summed E-state index contributed by atoms with van der Waals surface area (Å²) >= 11 is 0. The molecule has 2 nitrogen and oxygen atoms in total. The van der Waals surface area contributed by atoms with Crippen molar-refractivity contribution < 1.29 is 0 Å². The van der Waals surface area contributed by atoms with E-state index in [-0.39, 0.29) is 0 Å². The first-order valence-corrected chi connectivity index (χ1v) is 8.35. The van der Waals surface area contributed by atoms with Crippen LogP contribution < -0.4 is 0 Å². The molecule has 0 aliphatic rings. The number of hydrogen-bond acceptors (Lipinski definition) is 2. The molecule has 1 aromatic carbocycles. The van der Waals surface area contributed by atoms with Gasteiger partial charge in [0.2, 0.25) is 0 Å². The zero-order chi connectivity index (χ0) is 15.8. The maximum Gasteiger partial charge on any atom is 0.00356 e. The summed E-state index contributed by atoms with van der Waals surface area (Å²) in [5, 5.41) is 0. The SMILES string of the molecule is CC(C)CN(C)CCc1ccc(CCN(C)C(C)C)cc1. The summed E-state index contributed by atoms with van der Waals surface area (Å²) < 4.78 is 0. The Labute approximate surface area is 132 Å². The Hall–Kier alpha value is -0.860. The second-order valence-electron chi connectivity index (χ2n) is 7.05. The Bertz CT molecular complexity index is 381. The Morgan fingerprint density at radius 3 is 1.71 bits per heavy atom. The average molecular weight is 290 g/mol. The fourth-order valence-corrected chi connectivity index (χ4v) is 2.47. The number of likely N-dealkylation sites (N-methyl/N-ethyl adjacent to an activating group) is 2. The van der Waals surface area contributed by atoms with E-state index in [0.29, 0.717) is 6.04 Å². The molecule has 0 atom stereocenters. The minimum atomic E-state index is 0.626. The first-order chi connectivity index (χ1) is 9.88. The van der Waals surface area contributed by atoms with Crippen molar-refractivity contribution in [3.8, 4) is 0 Å². The topological polar surface area (TPSA) is 6.48 Å². The lowest BCUT2D eigenvalue weighted by Gasteiger charge is -2.21. The van der Waals surface area contributed by atoms with Gasteiger partial charge in [-0.15, -0.1) is 0 Å². The molecule has 0 aromatic heterocycles. The highest BCUT2D eigenvalue weighted by Crippen LogP contribution is 2.08. The number of benzene rings is 1. The van der Waals surface area contributed by atoms with Crippen molar-refractivity contribution in [3.05, 3.63) is 35.4 Å². The van der Waals surface area contributed by atoms with Crippen LogP contribution in [-0.4, -0.2) is 49.6 Å². The van der Waals surface area contributed by atoms with Gasteiger partial charge in [-0.2, -0.15) is 0 Å². The van der Waals surface area contributed by atoms with Gasteiger partial charge in [-0.25, -0.2) is 0 Å². The van der Waals surface area contributed by atoms with Crippen molar-refractivity contribution in [2.75, 3.05) is 33.7 Å². The second kappa shape index (κ2) is 9.22. The lowest BCUT2D eigenvalue weighted by atomic mass is 10.1. The zero-order valence-corrected chi connectivity index (χ0v) is 14.9. The highest BCUT2D eigenvalue weighted by molar-refractivity contribution is 5.23. The Morgan fingerprint density at radius 2 is 1.29 bits per heavy atom. The molecule has 0 unspecified atom stereocenters. The first kappa shape index (κ1) is 18.2. The molecule has 0 heterocycles. The van der Waals surface area contributed by atoms with Crippen LogP contribution in [0.25, 0.3) is 0 Å². The van der Waals surface area contributed by atoms with Gasteiger partial charge in [0.1, 0.15) is 0 Å². The van der Waals surface area contributed by atoms with Crippen LogP contribution in [0.15, 0.2) is 24.3 Å². The molecule has 0 aliphatic carbocycles. The molecule has 0 bridgehead atoms. The molecule has 0 saturated carbocycles. The third-order valence-corrected chi connectivity index (χ3v) is 4.12. The highest BCUT2D eigenvalue weighted by Gasteiger charge is 2.04. The van der Waals surface area contributed by atoms with E-state index in [1.807, 2.05) is 0 Å². The Balaban J connectivity index is 2.36. The van der Waals surface area contributed by atoms with Crippen LogP contribution in [0.5, 0.6) is 0 Å². The molecular weight excluding hydrogens is 256 g/mol. The third kappa shape index (κ3) is 7.63. The molecule has 0 aliphatic heterocycles. The number of hydrogen-bond donors (Lipinski definition) is 0. The van der Waals surface area contributed by atoms with Gasteiger partial charge in [-0.3, -0.25) is 0 Å². The van der Waals surface area contributed by atoms with Gasteiger partial charge in [-0.1, -0.05) is 38.1 Å². The normalized spacial score (nSPS) is 12.1. The molecule has 2 heteroatoms. The van der Waals surface area contributed by atoms with Crippen molar-refractivity contribution in [2.45, 2.75) is 46.6 Å². The Morgan fingerprint density at radius 1 is 0.810 bits per heavy atom. The van der Waals surface area contributed by atoms with Gasteiger partial charge < -0.3 is 9.80 Å². The van der Waals surface area contributed by atoms with Crippen molar-refractivity contribution >= 4 is 0 Å². The van der Waals surface area contributed by atoms with Gasteiger partial charge in [0.15, 0.2) is 0 Å². The molecular formula is C19H34N2. The van der Waals surface area contributed by atoms with Gasteiger partial charge in [0.05, 0.1) is 0 Å². The van der Waals surface area contributed by atoms with E-state index in [0.717, 1.165) is 31.8 Å². The summed E-state index contributed by atoms with van der Waals surface area (Å²) in [4.78, 5) is 4.82. The van der Waals surface area contributed by atoms with E-state index in [2.05, 4.69) is 75.9 Å². The van der Waals surface area contributed by atoms with E-state index in [9.17, 15) is 0 Å². The molecule has 21 heavy (non-hydrogen) atoms. The molecule has 1 aromatic rings. The smallest absolute Gasteiger partial charge is 0.00356 e. The first-order valence-electron chi connectivity index (χ1n) is 8.35. The van der Waals surface area contributed by atoms with E-state index >= 15 is 0 Å². The lowest BCUT2D eigenvalue weighted by molar-refractivity contribution is 0.277. The van der Waals surface area contributed by atoms with Crippen LogP contribution in [0.3, 0.4) is 0 Å². The summed E-state index contributed by atoms with van der Waals surface area (Å²) in [5.41, 5.74) is 2.90. The van der Waals surface area contributed by atoms with Crippen LogP contribution in [0.2, 0.25) is 0 Å². The molecule has 0 fully saturated rings. The highest BCUT2D eigenvalue weighted by atomic mass is 15.1. The van der Waals surface area contributed by atoms with Crippen LogP contribution in [-0.2, 0) is 12.8 Å². The summed E-state index contributed by atoms with van der Waals surface area (Å²) in [6, 6.07) is 9.82. The van der Waals surface area contributed by atoms with Crippen LogP contribution in [0.4, 0.5) is 0 Å². The van der Waals surface area contributed by atoms with Crippen molar-refractivity contribution in [1.29, 1.82) is 0 Å². The van der Waals surface area contributed by atoms with E-state index in [4.69, 9.17) is 0 Å². The van der Waals surface area contributed by atoms with Crippen LogP contribution >= 0.6 is 0 Å². The minimum absolute atomic E-state index is 0.626. The minimum Gasteiger partial charge on any atom is -0.306 e. The monoisotopic (exact) mass is 290 g/mol. The Kier molecular flexibility index (Phi) is 7.98. The predicted octanol–water partition coefficient (Wildman–Crippen LogP) is 3.70. The van der Waals surface area contributed by atoms with Gasteiger partial charge in [0.25, 0.3) is 0 Å². The van der Waals surface area contributed by atoms with E-state index < -0.39 is 0 Å². The van der Waals surface area contributed by atoms with E-state index in [1.165, 1.54) is 17.7 Å². The van der Waals surface area contributed by atoms with Crippen molar-refractivity contribution in [3.63, 3.8) is 0 Å². The van der Waals surface area contributed by atoms with Crippen molar-refractivity contribution in [1.82, 2.24) is 9.80 Å². The molecule has 0 saturated heterocycles. The van der Waals surface area contributed by atoms with Gasteiger partial charge in [0, 0.05) is 25.7 Å². The fraction of sp³-hybridized carbons (Fsp3) is 0.684. The summed E-state index contributed by atoms with van der Waals surface area (Å²) in [6.45, 7) is 12.5. The van der Waals surface area contributed by atoms with Gasteiger partial charge in [-0.05, 0) is 57.8 Å². The molecule has 120 valence electrons. The summed E-state index contributed by atoms with van der Waals surface area (Å²) in [5.74, 6) is 0.746. The maximum atomic E-state index is 2.43. The molecule has 0 N–H and O–H groups in total. The lowest BCUT2D eigenvalue weighted by Crippen LogP contribution is -2.28. The molecule has 0 spiro atoms. The third-order valence-electron chi connectivity index (χ3n) is 4.12. The zero-order valence-electron chi connectivity index (χ0n) is 14.9. The van der Waals surface area contributed by atoms with Crippen molar-refractivity contribution in [2.24, 2.45) is 5.92 Å². The molecule has 0 amide bonds. The average Bonchev–Trinajstić information content (AvgIpc) is 2.42. The predicted molar refractivity (Wildman–Crippen MR) is 94.0 cm³/mol. The summed E-state index contributed by atoms with van der Waals surface area (Å²) in [6.07, 6.45) is 2.29. The molecule has 1 rings (SSSR count). The summed E-state index contributed by atoms with van der Waals surface area (Å²) in [7, 11) is 4.42. The fourth-order valence-electron chi connectivity index (χ4n) is 2.47.